The molecule has 37 heavy (non-hydrogen) atoms. The van der Waals surface area contributed by atoms with Crippen molar-refractivity contribution in [1.29, 1.82) is 5.26 Å². The Morgan fingerprint density at radius 2 is 1.73 bits per heavy atom. The Bertz CT molecular complexity index is 1300. The SMILES string of the molecule is N#Cc1c(F)cc(N2CCC(OCc3c(-c4ccccc4OC(F)(F)F)noc3C3CC3)CC2)cc1F. The van der Waals surface area contributed by atoms with Crippen LogP contribution in [0, 0.1) is 23.0 Å². The van der Waals surface area contributed by atoms with Crippen molar-refractivity contribution in [1.82, 2.24) is 5.16 Å². The summed E-state index contributed by atoms with van der Waals surface area (Å²) in [7, 11) is 0. The van der Waals surface area contributed by atoms with Gasteiger partial charge >= 0.3 is 6.36 Å². The lowest BCUT2D eigenvalue weighted by Gasteiger charge is -2.33. The number of rotatable bonds is 7. The quantitative estimate of drug-likeness (QED) is 0.334. The highest BCUT2D eigenvalue weighted by Crippen LogP contribution is 2.45. The van der Waals surface area contributed by atoms with Crippen LogP contribution in [0.25, 0.3) is 11.3 Å². The van der Waals surface area contributed by atoms with Crippen molar-refractivity contribution in [2.24, 2.45) is 0 Å². The number of para-hydroxylation sites is 1. The standard InChI is InChI=1S/C26H22F5N3O3/c27-21-11-16(12-22(28)19(21)13-32)34-9-7-17(8-10-34)35-14-20-24(33-37-25(20)15-5-6-15)18-3-1-2-4-23(18)36-26(29,30)31/h1-4,11-12,15,17H,5-10,14H2. The molecule has 1 aliphatic heterocycles. The van der Waals surface area contributed by atoms with Gasteiger partial charge in [-0.25, -0.2) is 8.78 Å². The molecule has 0 unspecified atom stereocenters. The van der Waals surface area contributed by atoms with Crippen molar-refractivity contribution >= 4 is 5.69 Å². The second-order valence-electron chi connectivity index (χ2n) is 9.09. The van der Waals surface area contributed by atoms with Crippen LogP contribution in [0.5, 0.6) is 5.75 Å². The van der Waals surface area contributed by atoms with Crippen molar-refractivity contribution in [3.05, 3.63) is 64.9 Å². The van der Waals surface area contributed by atoms with E-state index >= 15 is 0 Å². The van der Waals surface area contributed by atoms with Crippen LogP contribution in [0.1, 0.15) is 48.5 Å². The molecule has 11 heteroatoms. The Labute approximate surface area is 209 Å². The number of ether oxygens (including phenoxy) is 2. The van der Waals surface area contributed by atoms with E-state index < -0.39 is 23.6 Å². The van der Waals surface area contributed by atoms with Crippen molar-refractivity contribution < 1.29 is 35.9 Å². The Hall–Kier alpha value is -3.65. The summed E-state index contributed by atoms with van der Waals surface area (Å²) in [6.45, 7) is 1.04. The number of hydrogen-bond donors (Lipinski definition) is 0. The maximum absolute atomic E-state index is 14.0. The van der Waals surface area contributed by atoms with Gasteiger partial charge in [0.1, 0.15) is 40.5 Å². The first-order chi connectivity index (χ1) is 17.7. The first-order valence-corrected chi connectivity index (χ1v) is 11.8. The van der Waals surface area contributed by atoms with Crippen LogP contribution in [-0.2, 0) is 11.3 Å². The van der Waals surface area contributed by atoms with Crippen LogP contribution in [-0.4, -0.2) is 30.7 Å². The van der Waals surface area contributed by atoms with Crippen LogP contribution in [0.15, 0.2) is 40.9 Å². The van der Waals surface area contributed by atoms with E-state index in [0.29, 0.717) is 42.9 Å². The molecule has 0 amide bonds. The van der Waals surface area contributed by atoms with Crippen LogP contribution >= 0.6 is 0 Å². The first-order valence-electron chi connectivity index (χ1n) is 11.8. The van der Waals surface area contributed by atoms with E-state index in [9.17, 15) is 22.0 Å². The zero-order chi connectivity index (χ0) is 26.2. The molecule has 1 saturated carbocycles. The van der Waals surface area contributed by atoms with Gasteiger partial charge in [-0.1, -0.05) is 17.3 Å². The molecule has 0 bridgehead atoms. The third-order valence-electron chi connectivity index (χ3n) is 6.54. The van der Waals surface area contributed by atoms with Crippen LogP contribution in [0.2, 0.25) is 0 Å². The number of alkyl halides is 3. The molecule has 1 aromatic heterocycles. The maximum Gasteiger partial charge on any atom is 0.573 e. The average molecular weight is 519 g/mol. The molecule has 1 aliphatic carbocycles. The van der Waals surface area contributed by atoms with Gasteiger partial charge in [-0.2, -0.15) is 5.26 Å². The summed E-state index contributed by atoms with van der Waals surface area (Å²) < 4.78 is 82.8. The van der Waals surface area contributed by atoms with E-state index in [-0.39, 0.29) is 35.6 Å². The topological polar surface area (TPSA) is 71.5 Å². The Morgan fingerprint density at radius 3 is 2.35 bits per heavy atom. The predicted molar refractivity (Wildman–Crippen MR) is 122 cm³/mol. The lowest BCUT2D eigenvalue weighted by molar-refractivity contribution is -0.274. The molecule has 5 rings (SSSR count). The summed E-state index contributed by atoms with van der Waals surface area (Å²) in [5.74, 6) is -1.42. The maximum atomic E-state index is 14.0. The average Bonchev–Trinajstić information content (AvgIpc) is 3.61. The molecule has 6 nitrogen and oxygen atoms in total. The minimum Gasteiger partial charge on any atom is -0.405 e. The minimum atomic E-state index is -4.86. The van der Waals surface area contributed by atoms with Gasteiger partial charge in [0.05, 0.1) is 12.7 Å². The molecular formula is C26H22F5N3O3. The van der Waals surface area contributed by atoms with Gasteiger partial charge in [-0.3, -0.25) is 0 Å². The van der Waals surface area contributed by atoms with Gasteiger partial charge in [-0.15, -0.1) is 13.2 Å². The third-order valence-corrected chi connectivity index (χ3v) is 6.54. The van der Waals surface area contributed by atoms with E-state index in [2.05, 4.69) is 9.89 Å². The Balaban J connectivity index is 1.29. The summed E-state index contributed by atoms with van der Waals surface area (Å²) >= 11 is 0. The first kappa shape index (κ1) is 25.0. The van der Waals surface area contributed by atoms with E-state index in [1.165, 1.54) is 24.3 Å². The molecule has 3 aromatic rings. The lowest BCUT2D eigenvalue weighted by Crippen LogP contribution is -2.37. The van der Waals surface area contributed by atoms with Gasteiger partial charge in [-0.05, 0) is 49.9 Å². The molecule has 0 radical (unpaired) electrons. The number of nitriles is 1. The zero-order valence-electron chi connectivity index (χ0n) is 19.5. The number of aromatic nitrogens is 1. The van der Waals surface area contributed by atoms with Gasteiger partial charge < -0.3 is 18.9 Å². The fourth-order valence-electron chi connectivity index (χ4n) is 4.55. The Kier molecular flexibility index (Phi) is 6.77. The van der Waals surface area contributed by atoms with Gasteiger partial charge in [0.25, 0.3) is 0 Å². The van der Waals surface area contributed by atoms with Gasteiger partial charge in [0, 0.05) is 35.8 Å². The van der Waals surface area contributed by atoms with Crippen molar-refractivity contribution in [2.75, 3.05) is 18.0 Å². The third kappa shape index (κ3) is 5.54. The molecule has 2 aliphatic rings. The fourth-order valence-corrected chi connectivity index (χ4v) is 4.55. The highest BCUT2D eigenvalue weighted by Gasteiger charge is 2.36. The summed E-state index contributed by atoms with van der Waals surface area (Å²) in [5, 5.41) is 12.9. The Morgan fingerprint density at radius 1 is 1.05 bits per heavy atom. The van der Waals surface area contributed by atoms with Crippen molar-refractivity contribution in [3.63, 3.8) is 0 Å². The fraction of sp³-hybridized carbons (Fsp3) is 0.385. The number of piperidine rings is 1. The summed E-state index contributed by atoms with van der Waals surface area (Å²) in [6.07, 6.45) is -2.10. The molecule has 2 heterocycles. The monoisotopic (exact) mass is 519 g/mol. The van der Waals surface area contributed by atoms with Gasteiger partial charge in [0.15, 0.2) is 0 Å². The number of nitrogens with zero attached hydrogens (tertiary/aromatic N) is 3. The normalized spacial score (nSPS) is 16.6. The second-order valence-corrected chi connectivity index (χ2v) is 9.09. The van der Waals surface area contributed by atoms with Crippen LogP contribution in [0.4, 0.5) is 27.6 Å². The highest BCUT2D eigenvalue weighted by atomic mass is 19.4. The number of hydrogen-bond acceptors (Lipinski definition) is 6. The molecule has 2 fully saturated rings. The van der Waals surface area contributed by atoms with E-state index in [1.54, 1.807) is 6.07 Å². The van der Waals surface area contributed by atoms with E-state index in [1.807, 2.05) is 4.90 Å². The second kappa shape index (κ2) is 10.0. The molecule has 0 N–H and O–H groups in total. The van der Waals surface area contributed by atoms with Crippen LogP contribution in [0.3, 0.4) is 0 Å². The number of benzene rings is 2. The molecule has 0 spiro atoms. The number of anilines is 1. The van der Waals surface area contributed by atoms with E-state index in [4.69, 9.17) is 14.5 Å². The minimum absolute atomic E-state index is 0.0931. The van der Waals surface area contributed by atoms with Gasteiger partial charge in [0.2, 0.25) is 0 Å². The van der Waals surface area contributed by atoms with Crippen molar-refractivity contribution in [3.8, 4) is 23.1 Å². The summed E-state index contributed by atoms with van der Waals surface area (Å²) in [5.41, 5.74) is 0.752. The van der Waals surface area contributed by atoms with Crippen molar-refractivity contribution in [2.45, 2.75) is 50.7 Å². The molecular weight excluding hydrogens is 497 g/mol. The van der Waals surface area contributed by atoms with Crippen LogP contribution < -0.4 is 9.64 Å². The summed E-state index contributed by atoms with van der Waals surface area (Å²) in [4.78, 5) is 1.82. The van der Waals surface area contributed by atoms with E-state index in [0.717, 1.165) is 25.0 Å². The molecule has 0 atom stereocenters. The lowest BCUT2D eigenvalue weighted by atomic mass is 10.0. The molecule has 194 valence electrons. The highest BCUT2D eigenvalue weighted by molar-refractivity contribution is 5.70. The molecule has 1 saturated heterocycles. The largest absolute Gasteiger partial charge is 0.573 e. The smallest absolute Gasteiger partial charge is 0.405 e. The summed E-state index contributed by atoms with van der Waals surface area (Å²) in [6, 6.07) is 9.57. The zero-order valence-corrected chi connectivity index (χ0v) is 19.5. The number of halogens is 5. The predicted octanol–water partition coefficient (Wildman–Crippen LogP) is 6.45. The molecule has 2 aromatic carbocycles.